The van der Waals surface area contributed by atoms with E-state index in [1.54, 1.807) is 51.1 Å². The van der Waals surface area contributed by atoms with E-state index in [4.69, 9.17) is 4.74 Å². The average Bonchev–Trinajstić information content (AvgIpc) is 3.20. The fraction of sp³-hybridized carbons (Fsp3) is 0.259. The van der Waals surface area contributed by atoms with Crippen molar-refractivity contribution >= 4 is 29.2 Å². The van der Waals surface area contributed by atoms with E-state index in [0.29, 0.717) is 22.8 Å². The molecule has 1 aromatic heterocycles. The van der Waals surface area contributed by atoms with Crippen LogP contribution < -0.4 is 16.0 Å². The lowest BCUT2D eigenvalue weighted by Gasteiger charge is -2.20. The van der Waals surface area contributed by atoms with Gasteiger partial charge in [0.05, 0.1) is 16.9 Å². The van der Waals surface area contributed by atoms with Crippen molar-refractivity contribution in [2.45, 2.75) is 45.3 Å². The third-order valence-electron chi connectivity index (χ3n) is 5.40. The molecular weight excluding hydrogens is 442 g/mol. The number of nitriles is 1. The number of hydrogen-bond acceptors (Lipinski definition) is 6. The van der Waals surface area contributed by atoms with E-state index in [9.17, 15) is 14.9 Å². The third kappa shape index (κ3) is 6.15. The summed E-state index contributed by atoms with van der Waals surface area (Å²) >= 11 is 0. The van der Waals surface area contributed by atoms with Crippen molar-refractivity contribution < 1.29 is 14.3 Å². The van der Waals surface area contributed by atoms with E-state index in [-0.39, 0.29) is 17.6 Å². The van der Waals surface area contributed by atoms with Gasteiger partial charge in [-0.05, 0) is 62.9 Å². The normalized spacial score (nSPS) is 12.9. The number of ether oxygens (including phenoxy) is 1. The van der Waals surface area contributed by atoms with Crippen LogP contribution in [-0.4, -0.2) is 28.6 Å². The summed E-state index contributed by atoms with van der Waals surface area (Å²) in [5.74, 6) is -0.0478. The van der Waals surface area contributed by atoms with Crippen molar-refractivity contribution in [3.05, 3.63) is 83.0 Å². The molecule has 8 heteroatoms. The van der Waals surface area contributed by atoms with Crippen molar-refractivity contribution in [1.29, 1.82) is 5.26 Å². The SMILES string of the molecule is CC(C)(C)OC(=O)Nc1cc(Nc2ccccc2C#N)nc(C(=O)NC2Cc3ccccc3C2)c1. The number of carbonyl (C=O) groups excluding carboxylic acids is 2. The number of hydrogen-bond donors (Lipinski definition) is 3. The van der Waals surface area contributed by atoms with Crippen LogP contribution in [0.1, 0.15) is 48.0 Å². The highest BCUT2D eigenvalue weighted by Crippen LogP contribution is 2.25. The van der Waals surface area contributed by atoms with E-state index >= 15 is 0 Å². The van der Waals surface area contributed by atoms with Gasteiger partial charge < -0.3 is 15.4 Å². The van der Waals surface area contributed by atoms with Crippen LogP contribution in [0.2, 0.25) is 0 Å². The molecule has 8 nitrogen and oxygen atoms in total. The third-order valence-corrected chi connectivity index (χ3v) is 5.40. The molecule has 4 rings (SSSR count). The number of fused-ring (bicyclic) bond motifs is 1. The predicted octanol–water partition coefficient (Wildman–Crippen LogP) is 4.94. The number of aromatic nitrogens is 1. The van der Waals surface area contributed by atoms with Crippen molar-refractivity contribution in [2.75, 3.05) is 10.6 Å². The average molecular weight is 470 g/mol. The molecule has 3 aromatic rings. The maximum absolute atomic E-state index is 13.1. The Morgan fingerprint density at radius 1 is 1.03 bits per heavy atom. The lowest BCUT2D eigenvalue weighted by molar-refractivity contribution is 0.0635. The van der Waals surface area contributed by atoms with Gasteiger partial charge in [0.1, 0.15) is 23.2 Å². The molecule has 0 radical (unpaired) electrons. The van der Waals surface area contributed by atoms with Crippen molar-refractivity contribution in [2.24, 2.45) is 0 Å². The molecule has 178 valence electrons. The van der Waals surface area contributed by atoms with Gasteiger partial charge in [0.2, 0.25) is 0 Å². The quantitative estimate of drug-likeness (QED) is 0.487. The smallest absolute Gasteiger partial charge is 0.412 e. The first-order chi connectivity index (χ1) is 16.7. The molecule has 2 aromatic carbocycles. The number of amides is 2. The van der Waals surface area contributed by atoms with Gasteiger partial charge in [0, 0.05) is 12.1 Å². The van der Waals surface area contributed by atoms with Gasteiger partial charge in [-0.2, -0.15) is 5.26 Å². The molecule has 1 aliphatic carbocycles. The topological polar surface area (TPSA) is 116 Å². The molecule has 2 amide bonds. The zero-order chi connectivity index (χ0) is 25.0. The minimum Gasteiger partial charge on any atom is -0.444 e. The molecule has 0 saturated carbocycles. The molecule has 0 unspecified atom stereocenters. The number of rotatable bonds is 5. The summed E-state index contributed by atoms with van der Waals surface area (Å²) in [6.45, 7) is 5.30. The summed E-state index contributed by atoms with van der Waals surface area (Å²) in [4.78, 5) is 30.0. The van der Waals surface area contributed by atoms with E-state index in [2.05, 4.69) is 39.1 Å². The summed E-state index contributed by atoms with van der Waals surface area (Å²) in [7, 11) is 0. The molecule has 3 N–H and O–H groups in total. The Morgan fingerprint density at radius 2 is 1.69 bits per heavy atom. The lowest BCUT2D eigenvalue weighted by atomic mass is 10.1. The van der Waals surface area contributed by atoms with Crippen LogP contribution in [0.15, 0.2) is 60.7 Å². The molecule has 1 aliphatic rings. The van der Waals surface area contributed by atoms with E-state index < -0.39 is 11.7 Å². The summed E-state index contributed by atoms with van der Waals surface area (Å²) in [5, 5.41) is 18.2. The lowest BCUT2D eigenvalue weighted by Crippen LogP contribution is -2.36. The number of pyridine rings is 1. The predicted molar refractivity (Wildman–Crippen MR) is 134 cm³/mol. The summed E-state index contributed by atoms with van der Waals surface area (Å²) in [6, 6.07) is 20.3. The first-order valence-electron chi connectivity index (χ1n) is 11.4. The second-order valence-corrected chi connectivity index (χ2v) is 9.38. The maximum atomic E-state index is 13.1. The molecule has 35 heavy (non-hydrogen) atoms. The summed E-state index contributed by atoms with van der Waals surface area (Å²) in [5.41, 5.74) is 3.20. The second kappa shape index (κ2) is 9.85. The Morgan fingerprint density at radius 3 is 2.34 bits per heavy atom. The van der Waals surface area contributed by atoms with Crippen molar-refractivity contribution in [3.8, 4) is 6.07 Å². The minimum atomic E-state index is -0.679. The molecule has 0 saturated heterocycles. The number of benzene rings is 2. The van der Waals surface area contributed by atoms with Crippen LogP contribution in [0.5, 0.6) is 0 Å². The zero-order valence-corrected chi connectivity index (χ0v) is 19.9. The van der Waals surface area contributed by atoms with Crippen LogP contribution >= 0.6 is 0 Å². The fourth-order valence-corrected chi connectivity index (χ4v) is 3.95. The Bertz CT molecular complexity index is 1280. The van der Waals surface area contributed by atoms with Gasteiger partial charge in [-0.15, -0.1) is 0 Å². The summed E-state index contributed by atoms with van der Waals surface area (Å²) in [6.07, 6.45) is 0.848. The first-order valence-corrected chi connectivity index (χ1v) is 11.4. The Balaban J connectivity index is 1.58. The van der Waals surface area contributed by atoms with Crippen LogP contribution in [0.4, 0.5) is 22.0 Å². The number of carbonyl (C=O) groups is 2. The Hall–Kier alpha value is -4.38. The van der Waals surface area contributed by atoms with Gasteiger partial charge in [0.15, 0.2) is 0 Å². The van der Waals surface area contributed by atoms with Gasteiger partial charge in [-0.3, -0.25) is 10.1 Å². The monoisotopic (exact) mass is 469 g/mol. The largest absolute Gasteiger partial charge is 0.444 e. The molecular formula is C27H27N5O3. The van der Waals surface area contributed by atoms with Crippen LogP contribution in [0.25, 0.3) is 0 Å². The number of nitrogens with zero attached hydrogens (tertiary/aromatic N) is 2. The first kappa shape index (κ1) is 23.8. The fourth-order valence-electron chi connectivity index (χ4n) is 3.95. The maximum Gasteiger partial charge on any atom is 0.412 e. The molecule has 0 bridgehead atoms. The van der Waals surface area contributed by atoms with Crippen molar-refractivity contribution in [3.63, 3.8) is 0 Å². The summed E-state index contributed by atoms with van der Waals surface area (Å²) < 4.78 is 5.35. The van der Waals surface area contributed by atoms with E-state index in [0.717, 1.165) is 12.8 Å². The Labute approximate surface area is 204 Å². The second-order valence-electron chi connectivity index (χ2n) is 9.38. The van der Waals surface area contributed by atoms with E-state index in [1.807, 2.05) is 12.1 Å². The molecule has 0 atom stereocenters. The van der Waals surface area contributed by atoms with Crippen molar-refractivity contribution in [1.82, 2.24) is 10.3 Å². The molecule has 0 spiro atoms. The highest BCUT2D eigenvalue weighted by atomic mass is 16.6. The van der Waals surface area contributed by atoms with Gasteiger partial charge >= 0.3 is 6.09 Å². The highest BCUT2D eigenvalue weighted by molar-refractivity contribution is 5.95. The standard InChI is InChI=1S/C27H27N5O3/c1-27(2,3)35-26(34)30-21-14-23(25(33)29-20-12-17-8-4-5-9-18(17)13-20)32-24(15-21)31-22-11-7-6-10-19(22)16-28/h4-11,14-15,20H,12-13H2,1-3H3,(H,29,33)(H2,30,31,32,34). The highest BCUT2D eigenvalue weighted by Gasteiger charge is 2.24. The molecule has 0 fully saturated rings. The van der Waals surface area contributed by atoms with Gasteiger partial charge in [0.25, 0.3) is 5.91 Å². The van der Waals surface area contributed by atoms with Crippen LogP contribution in [-0.2, 0) is 17.6 Å². The van der Waals surface area contributed by atoms with E-state index in [1.165, 1.54) is 17.2 Å². The minimum absolute atomic E-state index is 0.0418. The van der Waals surface area contributed by atoms with Crippen LogP contribution in [0.3, 0.4) is 0 Å². The zero-order valence-electron chi connectivity index (χ0n) is 19.9. The van der Waals surface area contributed by atoms with Crippen LogP contribution in [0, 0.1) is 11.3 Å². The molecule has 0 aliphatic heterocycles. The number of anilines is 3. The van der Waals surface area contributed by atoms with Gasteiger partial charge in [-0.25, -0.2) is 9.78 Å². The number of para-hydroxylation sites is 1. The van der Waals surface area contributed by atoms with Gasteiger partial charge in [-0.1, -0.05) is 36.4 Å². The number of nitrogens with one attached hydrogen (secondary N) is 3. The Kier molecular flexibility index (Phi) is 6.69. The molecule has 1 heterocycles.